The van der Waals surface area contributed by atoms with Gasteiger partial charge in [0.1, 0.15) is 22.5 Å². The van der Waals surface area contributed by atoms with E-state index < -0.39 is 0 Å². The molecule has 0 aliphatic carbocycles. The summed E-state index contributed by atoms with van der Waals surface area (Å²) in [6.45, 7) is 1.41. The molecule has 2 N–H and O–H groups in total. The van der Waals surface area contributed by atoms with Crippen molar-refractivity contribution in [2.75, 3.05) is 33.8 Å². The molecule has 0 atom stereocenters. The number of methoxy groups -OCH3 is 4. The molecule has 4 rings (SSSR count). The molecule has 2 aromatic carbocycles. The van der Waals surface area contributed by atoms with E-state index in [-0.39, 0.29) is 5.91 Å². The molecule has 2 heterocycles. The Hall–Kier alpha value is -4.21. The fourth-order valence-electron chi connectivity index (χ4n) is 3.51. The van der Waals surface area contributed by atoms with Crippen LogP contribution in [0.1, 0.15) is 6.92 Å². The number of carbonyl (C=O) groups excluding carboxylic acids is 1. The molecule has 0 aliphatic heterocycles. The van der Waals surface area contributed by atoms with Crippen LogP contribution in [0, 0.1) is 0 Å². The number of carbonyl (C=O) groups is 1. The van der Waals surface area contributed by atoms with Gasteiger partial charge in [0.15, 0.2) is 23.7 Å². The zero-order valence-corrected chi connectivity index (χ0v) is 18.2. The molecule has 166 valence electrons. The van der Waals surface area contributed by atoms with Crippen LogP contribution in [0.4, 0.5) is 5.95 Å². The molecule has 0 saturated carbocycles. The Bertz CT molecular complexity index is 1270. The lowest BCUT2D eigenvalue weighted by atomic mass is 10.0. The minimum absolute atomic E-state index is 0.248. The predicted molar refractivity (Wildman–Crippen MR) is 118 cm³/mol. The maximum atomic E-state index is 11.5. The molecule has 0 bridgehead atoms. The lowest BCUT2D eigenvalue weighted by Gasteiger charge is -2.14. The minimum atomic E-state index is -0.248. The number of rotatable bonds is 7. The van der Waals surface area contributed by atoms with E-state index in [2.05, 4.69) is 20.3 Å². The maximum Gasteiger partial charge on any atom is 0.223 e. The van der Waals surface area contributed by atoms with Crippen LogP contribution in [0.2, 0.25) is 0 Å². The van der Waals surface area contributed by atoms with Gasteiger partial charge < -0.3 is 28.3 Å². The van der Waals surface area contributed by atoms with E-state index in [1.807, 2.05) is 6.07 Å². The number of nitrogens with zero attached hydrogens (tertiary/aromatic N) is 2. The van der Waals surface area contributed by atoms with Gasteiger partial charge in [-0.05, 0) is 24.3 Å². The average Bonchev–Trinajstić information content (AvgIpc) is 3.44. The number of fused-ring (bicyclic) bond motifs is 1. The molecule has 1 amide bonds. The van der Waals surface area contributed by atoms with Crippen LogP contribution >= 0.6 is 0 Å². The van der Waals surface area contributed by atoms with E-state index in [1.54, 1.807) is 46.6 Å². The highest BCUT2D eigenvalue weighted by molar-refractivity contribution is 5.99. The second-order valence-electron chi connectivity index (χ2n) is 6.75. The van der Waals surface area contributed by atoms with Gasteiger partial charge in [0, 0.05) is 18.1 Å². The Balaban J connectivity index is 1.91. The van der Waals surface area contributed by atoms with Gasteiger partial charge in [-0.15, -0.1) is 0 Å². The number of nitrogens with one attached hydrogen (secondary N) is 2. The number of aromatic amines is 1. The molecule has 4 aromatic rings. The molecule has 2 aromatic heterocycles. The van der Waals surface area contributed by atoms with Crippen molar-refractivity contribution in [1.82, 2.24) is 15.0 Å². The fraction of sp³-hybridized carbons (Fsp3) is 0.227. The topological polar surface area (TPSA) is 121 Å². The van der Waals surface area contributed by atoms with Crippen LogP contribution in [-0.4, -0.2) is 49.3 Å². The lowest BCUT2D eigenvalue weighted by molar-refractivity contribution is -0.114. The molecule has 10 nitrogen and oxygen atoms in total. The van der Waals surface area contributed by atoms with Crippen molar-refractivity contribution in [3.05, 3.63) is 30.7 Å². The summed E-state index contributed by atoms with van der Waals surface area (Å²) < 4.78 is 27.6. The van der Waals surface area contributed by atoms with Crippen LogP contribution in [0.15, 0.2) is 35.1 Å². The van der Waals surface area contributed by atoms with E-state index in [9.17, 15) is 4.79 Å². The Morgan fingerprint density at radius 2 is 1.69 bits per heavy atom. The average molecular weight is 438 g/mol. The first-order valence-electron chi connectivity index (χ1n) is 9.59. The first-order chi connectivity index (χ1) is 15.5. The zero-order chi connectivity index (χ0) is 22.8. The van der Waals surface area contributed by atoms with Crippen molar-refractivity contribution < 1.29 is 28.2 Å². The Kier molecular flexibility index (Phi) is 5.59. The fourth-order valence-corrected chi connectivity index (χ4v) is 3.51. The standard InChI is InChI=1S/C22H22N4O6/c1-11(27)24-22-25-18-13(6-7-14(28-2)19(18)26-22)20-17(23-10-32-20)12-8-15(29-3)21(31-5)16(9-12)30-4/h6-10H,1-5H3,(H2,24,25,26,27). The molecule has 10 heteroatoms. The third kappa shape index (κ3) is 3.55. The summed E-state index contributed by atoms with van der Waals surface area (Å²) in [5.74, 6) is 2.55. The van der Waals surface area contributed by atoms with Crippen LogP contribution in [0.3, 0.4) is 0 Å². The van der Waals surface area contributed by atoms with E-state index in [1.165, 1.54) is 13.3 Å². The number of hydrogen-bond donors (Lipinski definition) is 2. The largest absolute Gasteiger partial charge is 0.494 e. The summed E-state index contributed by atoms with van der Waals surface area (Å²) in [4.78, 5) is 23.5. The molecule has 0 aliphatic rings. The van der Waals surface area contributed by atoms with E-state index >= 15 is 0 Å². The number of aromatic nitrogens is 3. The molecule has 0 fully saturated rings. The van der Waals surface area contributed by atoms with Crippen LogP contribution in [0.25, 0.3) is 33.6 Å². The summed E-state index contributed by atoms with van der Waals surface area (Å²) in [5.41, 5.74) is 3.08. The number of imidazole rings is 1. The highest BCUT2D eigenvalue weighted by Gasteiger charge is 2.22. The lowest BCUT2D eigenvalue weighted by Crippen LogP contribution is -2.06. The van der Waals surface area contributed by atoms with Gasteiger partial charge in [-0.2, -0.15) is 0 Å². The van der Waals surface area contributed by atoms with E-state index in [0.717, 1.165) is 0 Å². The molecule has 0 spiro atoms. The molecular weight excluding hydrogens is 416 g/mol. The highest BCUT2D eigenvalue weighted by atomic mass is 16.5. The highest BCUT2D eigenvalue weighted by Crippen LogP contribution is 2.44. The summed E-state index contributed by atoms with van der Waals surface area (Å²) in [7, 11) is 6.19. The zero-order valence-electron chi connectivity index (χ0n) is 18.2. The summed E-state index contributed by atoms with van der Waals surface area (Å²) in [6, 6.07) is 7.18. The van der Waals surface area contributed by atoms with E-state index in [4.69, 9.17) is 23.4 Å². The third-order valence-electron chi connectivity index (χ3n) is 4.87. The second-order valence-corrected chi connectivity index (χ2v) is 6.75. The quantitative estimate of drug-likeness (QED) is 0.446. The summed E-state index contributed by atoms with van der Waals surface area (Å²) in [6.07, 6.45) is 1.35. The molecule has 0 saturated heterocycles. The third-order valence-corrected chi connectivity index (χ3v) is 4.87. The molecule has 32 heavy (non-hydrogen) atoms. The van der Waals surface area contributed by atoms with Gasteiger partial charge in [-0.1, -0.05) is 0 Å². The minimum Gasteiger partial charge on any atom is -0.494 e. The van der Waals surface area contributed by atoms with Gasteiger partial charge in [0.05, 0.1) is 28.4 Å². The number of ether oxygens (including phenoxy) is 4. The monoisotopic (exact) mass is 438 g/mol. The van der Waals surface area contributed by atoms with Gasteiger partial charge in [-0.25, -0.2) is 9.97 Å². The van der Waals surface area contributed by atoms with Crippen molar-refractivity contribution in [1.29, 1.82) is 0 Å². The Morgan fingerprint density at radius 3 is 2.28 bits per heavy atom. The predicted octanol–water partition coefficient (Wildman–Crippen LogP) is 3.88. The molecule has 0 unspecified atom stereocenters. The van der Waals surface area contributed by atoms with Crippen LogP contribution in [0.5, 0.6) is 23.0 Å². The number of benzene rings is 2. The van der Waals surface area contributed by atoms with Crippen LogP contribution in [-0.2, 0) is 4.79 Å². The maximum absolute atomic E-state index is 11.5. The number of amides is 1. The molecule has 0 radical (unpaired) electrons. The van der Waals surface area contributed by atoms with Crippen molar-refractivity contribution >= 4 is 22.9 Å². The first kappa shape index (κ1) is 21.0. The van der Waals surface area contributed by atoms with Gasteiger partial charge >= 0.3 is 0 Å². The summed E-state index contributed by atoms with van der Waals surface area (Å²) >= 11 is 0. The normalized spacial score (nSPS) is 10.8. The van der Waals surface area contributed by atoms with E-state index in [0.29, 0.717) is 62.6 Å². The molecular formula is C22H22N4O6. The van der Waals surface area contributed by atoms with Crippen molar-refractivity contribution in [3.63, 3.8) is 0 Å². The number of H-pyrrole nitrogens is 1. The van der Waals surface area contributed by atoms with Gasteiger partial charge in [0.2, 0.25) is 17.6 Å². The number of hydrogen-bond acceptors (Lipinski definition) is 8. The smallest absolute Gasteiger partial charge is 0.223 e. The van der Waals surface area contributed by atoms with Crippen molar-refractivity contribution in [3.8, 4) is 45.6 Å². The van der Waals surface area contributed by atoms with Crippen molar-refractivity contribution in [2.45, 2.75) is 6.92 Å². The second kappa shape index (κ2) is 8.50. The van der Waals surface area contributed by atoms with Crippen molar-refractivity contribution in [2.24, 2.45) is 0 Å². The number of oxazole rings is 1. The Labute approximate surface area is 183 Å². The SMILES string of the molecule is COc1cc(-c2ncoc2-c2ccc(OC)c3[nH]c(NC(C)=O)nc23)cc(OC)c1OC. The van der Waals surface area contributed by atoms with Crippen LogP contribution < -0.4 is 24.3 Å². The summed E-state index contributed by atoms with van der Waals surface area (Å²) in [5, 5.41) is 2.65. The first-order valence-corrected chi connectivity index (χ1v) is 9.59. The van der Waals surface area contributed by atoms with Gasteiger partial charge in [0.25, 0.3) is 0 Å². The number of anilines is 1. The van der Waals surface area contributed by atoms with Gasteiger partial charge in [-0.3, -0.25) is 10.1 Å². The Morgan fingerprint density at radius 1 is 1.00 bits per heavy atom.